The second-order valence-corrected chi connectivity index (χ2v) is 10.5. The third-order valence-electron chi connectivity index (χ3n) is 7.05. The summed E-state index contributed by atoms with van der Waals surface area (Å²) in [6, 6.07) is 35.3. The monoisotopic (exact) mass is 600 g/mol. The van der Waals surface area contributed by atoms with Crippen molar-refractivity contribution in [2.75, 3.05) is 0 Å². The molecule has 6 nitrogen and oxygen atoms in total. The SMILES string of the molecule is Cc1ccccc1-c1ncnc(-c2ccccc2)c1C.Cc1ccccc1-c1ncnc(Cl)c1C.OB(O)c1ccccc1. The molecule has 0 bridgehead atoms. The zero-order chi connectivity index (χ0) is 31.5. The molecule has 0 spiro atoms. The Kier molecular flexibility index (Phi) is 11.5. The first-order valence-electron chi connectivity index (χ1n) is 14.1. The van der Waals surface area contributed by atoms with E-state index in [2.05, 4.69) is 71.0 Å². The second-order valence-electron chi connectivity index (χ2n) is 10.1. The van der Waals surface area contributed by atoms with Gasteiger partial charge in [-0.05, 0) is 44.3 Å². The van der Waals surface area contributed by atoms with Crippen LogP contribution in [0.1, 0.15) is 22.3 Å². The van der Waals surface area contributed by atoms with Gasteiger partial charge in [0, 0.05) is 27.8 Å². The summed E-state index contributed by atoms with van der Waals surface area (Å²) < 4.78 is 0. The van der Waals surface area contributed by atoms with E-state index in [1.54, 1.807) is 30.6 Å². The highest BCUT2D eigenvalue weighted by Crippen LogP contribution is 2.30. The molecule has 0 unspecified atom stereocenters. The zero-order valence-electron chi connectivity index (χ0n) is 25.2. The highest BCUT2D eigenvalue weighted by atomic mass is 35.5. The van der Waals surface area contributed by atoms with Gasteiger partial charge in [-0.1, -0.05) is 121 Å². The second kappa shape index (κ2) is 15.7. The lowest BCUT2D eigenvalue weighted by molar-refractivity contribution is 0.426. The largest absolute Gasteiger partial charge is 0.488 e. The van der Waals surface area contributed by atoms with Gasteiger partial charge in [0.1, 0.15) is 17.8 Å². The maximum Gasteiger partial charge on any atom is 0.488 e. The summed E-state index contributed by atoms with van der Waals surface area (Å²) in [5, 5.41) is 17.7. The minimum absolute atomic E-state index is 0.517. The fourth-order valence-electron chi connectivity index (χ4n) is 4.61. The van der Waals surface area contributed by atoms with Crippen molar-refractivity contribution >= 4 is 24.2 Å². The third-order valence-corrected chi connectivity index (χ3v) is 7.43. The minimum atomic E-state index is -1.34. The molecular formula is C36H34BClN4O2. The standard InChI is InChI=1S/C18H16N2.C12H11ClN2.C6H7BO2/c1-13-8-6-7-11-16(13)18-14(2)17(19-12-20-18)15-9-4-3-5-10-15;1-8-5-3-4-6-10(8)11-9(2)12(13)15-7-14-11;8-7(9)6-4-2-1-3-5-6/h3-12H,1-2H3;3-7H,1-2H3;1-5,8-9H. The van der Waals surface area contributed by atoms with Crippen LogP contribution >= 0.6 is 11.6 Å². The molecule has 0 aliphatic rings. The number of benzene rings is 4. The molecule has 0 fully saturated rings. The van der Waals surface area contributed by atoms with Crippen LogP contribution in [0.5, 0.6) is 0 Å². The first-order valence-corrected chi connectivity index (χ1v) is 14.5. The maximum atomic E-state index is 8.58. The van der Waals surface area contributed by atoms with E-state index >= 15 is 0 Å². The lowest BCUT2D eigenvalue weighted by Gasteiger charge is -2.11. The lowest BCUT2D eigenvalue weighted by Crippen LogP contribution is -2.29. The van der Waals surface area contributed by atoms with Crippen molar-refractivity contribution in [2.45, 2.75) is 27.7 Å². The Labute approximate surface area is 264 Å². The van der Waals surface area contributed by atoms with Gasteiger partial charge in [-0.25, -0.2) is 19.9 Å². The van der Waals surface area contributed by atoms with Crippen molar-refractivity contribution in [1.29, 1.82) is 0 Å². The molecule has 0 saturated carbocycles. The number of aromatic nitrogens is 4. The van der Waals surface area contributed by atoms with Crippen LogP contribution in [0.3, 0.4) is 0 Å². The van der Waals surface area contributed by atoms with Crippen LogP contribution in [0.15, 0.2) is 122 Å². The van der Waals surface area contributed by atoms with Crippen LogP contribution in [0.25, 0.3) is 33.8 Å². The molecule has 0 amide bonds. The van der Waals surface area contributed by atoms with Crippen molar-refractivity contribution in [3.05, 3.63) is 149 Å². The predicted molar refractivity (Wildman–Crippen MR) is 181 cm³/mol. The van der Waals surface area contributed by atoms with Crippen LogP contribution in [-0.2, 0) is 0 Å². The van der Waals surface area contributed by atoms with E-state index in [-0.39, 0.29) is 0 Å². The van der Waals surface area contributed by atoms with Crippen LogP contribution in [0.2, 0.25) is 5.15 Å². The average Bonchev–Trinajstić information content (AvgIpc) is 3.05. The Morgan fingerprint density at radius 1 is 0.500 bits per heavy atom. The van der Waals surface area contributed by atoms with E-state index in [1.807, 2.05) is 61.5 Å². The molecule has 0 aliphatic carbocycles. The minimum Gasteiger partial charge on any atom is -0.423 e. The van der Waals surface area contributed by atoms with Gasteiger partial charge in [0.2, 0.25) is 0 Å². The number of halogens is 1. The van der Waals surface area contributed by atoms with E-state index in [4.69, 9.17) is 21.6 Å². The van der Waals surface area contributed by atoms with Crippen LogP contribution in [0.4, 0.5) is 0 Å². The van der Waals surface area contributed by atoms with Gasteiger partial charge in [-0.3, -0.25) is 0 Å². The van der Waals surface area contributed by atoms with Crippen molar-refractivity contribution < 1.29 is 10.0 Å². The summed E-state index contributed by atoms with van der Waals surface area (Å²) in [6.07, 6.45) is 3.15. The molecule has 44 heavy (non-hydrogen) atoms. The molecule has 220 valence electrons. The predicted octanol–water partition coefficient (Wildman–Crippen LogP) is 7.21. The van der Waals surface area contributed by atoms with E-state index in [9.17, 15) is 0 Å². The van der Waals surface area contributed by atoms with Gasteiger partial charge in [0.15, 0.2) is 0 Å². The Morgan fingerprint density at radius 3 is 1.43 bits per heavy atom. The van der Waals surface area contributed by atoms with E-state index in [1.165, 1.54) is 23.0 Å². The molecule has 4 aromatic carbocycles. The van der Waals surface area contributed by atoms with Crippen molar-refractivity contribution in [3.8, 4) is 33.8 Å². The Morgan fingerprint density at radius 2 is 0.932 bits per heavy atom. The summed E-state index contributed by atoms with van der Waals surface area (Å²) in [5.74, 6) is 0. The molecule has 0 radical (unpaired) electrons. The molecule has 8 heteroatoms. The number of rotatable bonds is 4. The molecule has 2 aromatic heterocycles. The molecule has 6 rings (SSSR count). The van der Waals surface area contributed by atoms with Gasteiger partial charge >= 0.3 is 7.12 Å². The number of hydrogen-bond donors (Lipinski definition) is 2. The first kappa shape index (κ1) is 32.2. The fraction of sp³-hybridized carbons (Fsp3) is 0.111. The van der Waals surface area contributed by atoms with Crippen molar-refractivity contribution in [3.63, 3.8) is 0 Å². The molecule has 0 atom stereocenters. The zero-order valence-corrected chi connectivity index (χ0v) is 25.9. The van der Waals surface area contributed by atoms with E-state index in [0.29, 0.717) is 10.6 Å². The lowest BCUT2D eigenvalue weighted by atomic mass is 9.81. The first-order chi connectivity index (χ1) is 21.3. The topological polar surface area (TPSA) is 92.0 Å². The quantitative estimate of drug-likeness (QED) is 0.164. The summed E-state index contributed by atoms with van der Waals surface area (Å²) in [5.41, 5.74) is 11.3. The van der Waals surface area contributed by atoms with Crippen LogP contribution < -0.4 is 5.46 Å². The smallest absolute Gasteiger partial charge is 0.423 e. The highest BCUT2D eigenvalue weighted by molar-refractivity contribution is 6.58. The van der Waals surface area contributed by atoms with E-state index in [0.717, 1.165) is 39.3 Å². The maximum absolute atomic E-state index is 8.58. The Balaban J connectivity index is 0.000000162. The third kappa shape index (κ3) is 8.23. The number of hydrogen-bond acceptors (Lipinski definition) is 6. The van der Waals surface area contributed by atoms with Crippen molar-refractivity contribution in [1.82, 2.24) is 19.9 Å². The van der Waals surface area contributed by atoms with Gasteiger partial charge < -0.3 is 10.0 Å². The van der Waals surface area contributed by atoms with Gasteiger partial charge in [0.05, 0.1) is 17.1 Å². The van der Waals surface area contributed by atoms with Gasteiger partial charge in [0.25, 0.3) is 0 Å². The number of nitrogens with zero attached hydrogens (tertiary/aromatic N) is 4. The summed E-state index contributed by atoms with van der Waals surface area (Å²) in [6.45, 7) is 8.19. The molecule has 2 heterocycles. The molecule has 0 saturated heterocycles. The van der Waals surface area contributed by atoms with Gasteiger partial charge in [-0.15, -0.1) is 0 Å². The molecule has 6 aromatic rings. The summed E-state index contributed by atoms with van der Waals surface area (Å²) >= 11 is 5.96. The summed E-state index contributed by atoms with van der Waals surface area (Å²) in [4.78, 5) is 17.2. The Hall–Kier alpha value is -4.69. The number of aryl methyl sites for hydroxylation is 2. The Bertz CT molecular complexity index is 1800. The molecule has 2 N–H and O–H groups in total. The van der Waals surface area contributed by atoms with Gasteiger partial charge in [-0.2, -0.15) is 0 Å². The average molecular weight is 601 g/mol. The molecular weight excluding hydrogens is 567 g/mol. The molecule has 0 aliphatic heterocycles. The fourth-order valence-corrected chi connectivity index (χ4v) is 4.74. The highest BCUT2D eigenvalue weighted by Gasteiger charge is 2.12. The van der Waals surface area contributed by atoms with E-state index < -0.39 is 7.12 Å². The van der Waals surface area contributed by atoms with Crippen LogP contribution in [0, 0.1) is 27.7 Å². The van der Waals surface area contributed by atoms with Crippen LogP contribution in [-0.4, -0.2) is 37.1 Å². The normalized spacial score (nSPS) is 10.2. The van der Waals surface area contributed by atoms with Crippen molar-refractivity contribution in [2.24, 2.45) is 0 Å². The summed E-state index contributed by atoms with van der Waals surface area (Å²) in [7, 11) is -1.34.